The Bertz CT molecular complexity index is 391. The predicted molar refractivity (Wildman–Crippen MR) is 62.5 cm³/mol. The Hall–Kier alpha value is -0.893. The normalized spacial score (nSPS) is 12.8. The quantitative estimate of drug-likeness (QED) is 0.774. The molecule has 0 bridgehead atoms. The number of hydrogen-bond acceptors (Lipinski definition) is 3. The van der Waals surface area contributed by atoms with Gasteiger partial charge in [0.2, 0.25) is 0 Å². The lowest BCUT2D eigenvalue weighted by Crippen LogP contribution is -2.57. The third-order valence-corrected chi connectivity index (χ3v) is 5.27. The van der Waals surface area contributed by atoms with Crippen LogP contribution in [0.2, 0.25) is 0 Å². The van der Waals surface area contributed by atoms with Gasteiger partial charge in [-0.15, -0.1) is 0 Å². The maximum atomic E-state index is 12.9. The van der Waals surface area contributed by atoms with Crippen molar-refractivity contribution in [2.24, 2.45) is 0 Å². The zero-order valence-electron chi connectivity index (χ0n) is 10.4. The monoisotopic (exact) mass is 280 g/mol. The smallest absolute Gasteiger partial charge is 0.373 e. The molecule has 0 fully saturated rings. The summed E-state index contributed by atoms with van der Waals surface area (Å²) in [6.07, 6.45) is -4.47. The van der Waals surface area contributed by atoms with Gasteiger partial charge >= 0.3 is 15.0 Å². The second-order valence-corrected chi connectivity index (χ2v) is 6.20. The van der Waals surface area contributed by atoms with Gasteiger partial charge in [-0.1, -0.05) is 18.2 Å². The second-order valence-electron chi connectivity index (χ2n) is 3.44. The summed E-state index contributed by atoms with van der Waals surface area (Å²) >= 11 is 0. The third kappa shape index (κ3) is 2.92. The van der Waals surface area contributed by atoms with Crippen LogP contribution in [-0.2, 0) is 19.5 Å². The Kier molecular flexibility index (Phi) is 4.91. The first-order valence-corrected chi connectivity index (χ1v) is 7.04. The van der Waals surface area contributed by atoms with Crippen LogP contribution in [0, 0.1) is 0 Å². The standard InChI is InChI=1S/C11H15F3O3Si/c1-4-17-18(15-2,16-3)10-8-6-5-7-9(10)11(12,13)14/h5-8H,4H2,1-3H3. The lowest BCUT2D eigenvalue weighted by atomic mass is 10.2. The predicted octanol–water partition coefficient (Wildman–Crippen LogP) is 2.18. The molecular weight excluding hydrogens is 265 g/mol. The van der Waals surface area contributed by atoms with Crippen LogP contribution in [0.4, 0.5) is 13.2 Å². The molecule has 0 spiro atoms. The fraction of sp³-hybridized carbons (Fsp3) is 0.455. The number of hydrogen-bond donors (Lipinski definition) is 0. The molecule has 3 nitrogen and oxygen atoms in total. The summed E-state index contributed by atoms with van der Waals surface area (Å²) < 4.78 is 54.5. The zero-order valence-corrected chi connectivity index (χ0v) is 11.4. The Morgan fingerprint density at radius 2 is 1.67 bits per heavy atom. The molecule has 0 heterocycles. The minimum absolute atomic E-state index is 0.0654. The van der Waals surface area contributed by atoms with E-state index >= 15 is 0 Å². The lowest BCUT2D eigenvalue weighted by molar-refractivity contribution is -0.137. The molecule has 102 valence electrons. The first-order valence-electron chi connectivity index (χ1n) is 5.32. The minimum Gasteiger partial charge on any atom is -0.373 e. The Balaban J connectivity index is 3.37. The van der Waals surface area contributed by atoms with E-state index in [-0.39, 0.29) is 11.8 Å². The molecule has 0 atom stereocenters. The van der Waals surface area contributed by atoms with Crippen molar-refractivity contribution in [3.63, 3.8) is 0 Å². The van der Waals surface area contributed by atoms with Gasteiger partial charge in [0, 0.05) is 26.0 Å². The van der Waals surface area contributed by atoms with Gasteiger partial charge in [0.15, 0.2) is 0 Å². The highest BCUT2D eigenvalue weighted by molar-refractivity contribution is 6.75. The van der Waals surface area contributed by atoms with Crippen molar-refractivity contribution >= 4 is 14.0 Å². The van der Waals surface area contributed by atoms with Crippen LogP contribution in [0.1, 0.15) is 12.5 Å². The Morgan fingerprint density at radius 1 is 1.11 bits per heavy atom. The highest BCUT2D eigenvalue weighted by Crippen LogP contribution is 2.29. The molecule has 0 aliphatic heterocycles. The summed E-state index contributed by atoms with van der Waals surface area (Å²) in [6, 6.07) is 5.15. The molecular formula is C11H15F3O3Si. The summed E-state index contributed by atoms with van der Waals surface area (Å²) in [4.78, 5) is 0. The molecule has 0 aliphatic carbocycles. The van der Waals surface area contributed by atoms with E-state index in [4.69, 9.17) is 13.3 Å². The molecule has 0 aromatic heterocycles. The van der Waals surface area contributed by atoms with Crippen molar-refractivity contribution in [1.29, 1.82) is 0 Å². The van der Waals surface area contributed by atoms with Crippen LogP contribution in [0.3, 0.4) is 0 Å². The molecule has 0 saturated heterocycles. The topological polar surface area (TPSA) is 27.7 Å². The Labute approximate surface area is 105 Å². The van der Waals surface area contributed by atoms with Crippen LogP contribution >= 0.6 is 0 Å². The van der Waals surface area contributed by atoms with Crippen LogP contribution in [0.15, 0.2) is 24.3 Å². The van der Waals surface area contributed by atoms with Crippen molar-refractivity contribution in [2.75, 3.05) is 20.8 Å². The molecule has 0 radical (unpaired) electrons. The van der Waals surface area contributed by atoms with E-state index in [9.17, 15) is 13.2 Å². The van der Waals surface area contributed by atoms with Gasteiger partial charge in [-0.2, -0.15) is 13.2 Å². The average Bonchev–Trinajstić information content (AvgIpc) is 2.35. The molecule has 0 amide bonds. The van der Waals surface area contributed by atoms with Gasteiger partial charge in [-0.25, -0.2) is 0 Å². The largest absolute Gasteiger partial charge is 0.537 e. The highest BCUT2D eigenvalue weighted by atomic mass is 28.4. The summed E-state index contributed by atoms with van der Waals surface area (Å²) in [6.45, 7) is 1.89. The summed E-state index contributed by atoms with van der Waals surface area (Å²) in [5.74, 6) is 0. The fourth-order valence-corrected chi connectivity index (χ4v) is 3.92. The van der Waals surface area contributed by atoms with E-state index in [1.165, 1.54) is 32.4 Å². The van der Waals surface area contributed by atoms with Crippen molar-refractivity contribution in [1.82, 2.24) is 0 Å². The summed E-state index contributed by atoms with van der Waals surface area (Å²) in [7, 11) is -0.913. The molecule has 0 N–H and O–H groups in total. The van der Waals surface area contributed by atoms with E-state index < -0.39 is 20.5 Å². The van der Waals surface area contributed by atoms with Crippen LogP contribution < -0.4 is 5.19 Å². The van der Waals surface area contributed by atoms with E-state index in [0.29, 0.717) is 0 Å². The molecule has 7 heteroatoms. The van der Waals surface area contributed by atoms with Gasteiger partial charge in [0.25, 0.3) is 0 Å². The van der Waals surface area contributed by atoms with E-state index in [2.05, 4.69) is 0 Å². The van der Waals surface area contributed by atoms with Gasteiger partial charge in [-0.05, 0) is 13.0 Å². The van der Waals surface area contributed by atoms with Crippen LogP contribution in [0.5, 0.6) is 0 Å². The van der Waals surface area contributed by atoms with Crippen LogP contribution in [-0.4, -0.2) is 29.6 Å². The Morgan fingerprint density at radius 3 is 2.11 bits per heavy atom. The van der Waals surface area contributed by atoms with Gasteiger partial charge < -0.3 is 13.3 Å². The van der Waals surface area contributed by atoms with Gasteiger partial charge in [-0.3, -0.25) is 0 Å². The molecule has 1 aromatic rings. The highest BCUT2D eigenvalue weighted by Gasteiger charge is 2.48. The number of benzene rings is 1. The van der Waals surface area contributed by atoms with Crippen molar-refractivity contribution in [2.45, 2.75) is 13.1 Å². The molecule has 0 unspecified atom stereocenters. The first-order chi connectivity index (χ1) is 8.41. The maximum absolute atomic E-state index is 12.9. The number of halogens is 3. The molecule has 1 rings (SSSR count). The number of rotatable bonds is 5. The third-order valence-electron chi connectivity index (χ3n) is 2.43. The average molecular weight is 280 g/mol. The van der Waals surface area contributed by atoms with Crippen molar-refractivity contribution in [3.8, 4) is 0 Å². The van der Waals surface area contributed by atoms with Crippen LogP contribution in [0.25, 0.3) is 0 Å². The molecule has 1 aromatic carbocycles. The maximum Gasteiger partial charge on any atom is 0.537 e. The van der Waals surface area contributed by atoms with Crippen molar-refractivity contribution in [3.05, 3.63) is 29.8 Å². The van der Waals surface area contributed by atoms with Gasteiger partial charge in [0.1, 0.15) is 0 Å². The fourth-order valence-electron chi connectivity index (χ4n) is 1.69. The first kappa shape index (κ1) is 15.2. The van der Waals surface area contributed by atoms with E-state index in [0.717, 1.165) is 6.07 Å². The number of alkyl halides is 3. The summed E-state index contributed by atoms with van der Waals surface area (Å²) in [5.41, 5.74) is -0.784. The molecule has 18 heavy (non-hydrogen) atoms. The zero-order chi connectivity index (χ0) is 13.8. The second kappa shape index (κ2) is 5.83. The minimum atomic E-state index is -4.47. The van der Waals surface area contributed by atoms with Crippen molar-refractivity contribution < 1.29 is 26.4 Å². The summed E-state index contributed by atoms with van der Waals surface area (Å²) in [5, 5.41) is -0.0654. The van der Waals surface area contributed by atoms with Gasteiger partial charge in [0.05, 0.1) is 5.56 Å². The van der Waals surface area contributed by atoms with E-state index in [1.807, 2.05) is 0 Å². The SMILES string of the molecule is CCO[Si](OC)(OC)c1ccccc1C(F)(F)F. The lowest BCUT2D eigenvalue weighted by Gasteiger charge is -2.28. The molecule has 0 aliphatic rings. The van der Waals surface area contributed by atoms with E-state index in [1.54, 1.807) is 6.92 Å². The molecule has 0 saturated carbocycles.